The summed E-state index contributed by atoms with van der Waals surface area (Å²) in [6.45, 7) is 2.63. The molecule has 0 atom stereocenters. The van der Waals surface area contributed by atoms with Crippen LogP contribution in [0.15, 0.2) is 27.2 Å². The molecule has 4 rings (SSSR count). The Kier molecular flexibility index (Phi) is 4.27. The lowest BCUT2D eigenvalue weighted by Gasteiger charge is -2.06. The van der Waals surface area contributed by atoms with Gasteiger partial charge in [-0.05, 0) is 37.0 Å². The standard InChI is InChI=1S/C17H17FN4O3/c1-10-19-15(21-24-10)7-16-20-17(25-22-16)12-4-5-14(18)13(6-12)9-23-8-11-2-3-11/h4-6,11H,2-3,7-9H2,1H3. The fourth-order valence-electron chi connectivity index (χ4n) is 2.44. The maximum atomic E-state index is 13.9. The van der Waals surface area contributed by atoms with Crippen LogP contribution in [-0.4, -0.2) is 26.9 Å². The summed E-state index contributed by atoms with van der Waals surface area (Å²) in [4.78, 5) is 8.41. The van der Waals surface area contributed by atoms with Gasteiger partial charge in [0.05, 0.1) is 13.0 Å². The third-order valence-corrected chi connectivity index (χ3v) is 3.95. The highest BCUT2D eigenvalue weighted by molar-refractivity contribution is 5.54. The second kappa shape index (κ2) is 6.72. The summed E-state index contributed by atoms with van der Waals surface area (Å²) in [5.74, 6) is 2.05. The van der Waals surface area contributed by atoms with Gasteiger partial charge in [0.1, 0.15) is 5.82 Å². The van der Waals surface area contributed by atoms with Crippen LogP contribution in [0.3, 0.4) is 0 Å². The second-order valence-electron chi connectivity index (χ2n) is 6.19. The Balaban J connectivity index is 1.47. The van der Waals surface area contributed by atoms with Gasteiger partial charge in [-0.25, -0.2) is 4.39 Å². The van der Waals surface area contributed by atoms with Gasteiger partial charge in [-0.3, -0.25) is 0 Å². The maximum absolute atomic E-state index is 13.9. The van der Waals surface area contributed by atoms with Crippen molar-refractivity contribution in [2.24, 2.45) is 5.92 Å². The van der Waals surface area contributed by atoms with E-state index in [0.29, 0.717) is 53.5 Å². The zero-order chi connectivity index (χ0) is 17.2. The molecule has 3 aromatic rings. The van der Waals surface area contributed by atoms with E-state index >= 15 is 0 Å². The lowest BCUT2D eigenvalue weighted by Crippen LogP contribution is -1.99. The second-order valence-corrected chi connectivity index (χ2v) is 6.19. The zero-order valence-electron chi connectivity index (χ0n) is 13.7. The maximum Gasteiger partial charge on any atom is 0.257 e. The van der Waals surface area contributed by atoms with Crippen molar-refractivity contribution in [2.75, 3.05) is 6.61 Å². The third kappa shape index (κ3) is 3.90. The predicted octanol–water partition coefficient (Wildman–Crippen LogP) is 3.08. The first-order valence-electron chi connectivity index (χ1n) is 8.15. The molecule has 1 fully saturated rings. The Labute approximate surface area is 143 Å². The van der Waals surface area contributed by atoms with Gasteiger partial charge in [-0.15, -0.1) is 0 Å². The van der Waals surface area contributed by atoms with Crippen molar-refractivity contribution < 1.29 is 18.2 Å². The van der Waals surface area contributed by atoms with E-state index in [1.807, 2.05) is 0 Å². The smallest absolute Gasteiger partial charge is 0.257 e. The molecule has 130 valence electrons. The SMILES string of the molecule is Cc1nc(Cc2noc(-c3ccc(F)c(COCC4CC4)c3)n2)no1. The summed E-state index contributed by atoms with van der Waals surface area (Å²) >= 11 is 0. The number of rotatable bonds is 7. The molecule has 1 saturated carbocycles. The van der Waals surface area contributed by atoms with Gasteiger partial charge in [0.2, 0.25) is 5.89 Å². The molecule has 25 heavy (non-hydrogen) atoms. The number of benzene rings is 1. The molecular formula is C17H17FN4O3. The Morgan fingerprint density at radius 1 is 1.16 bits per heavy atom. The molecule has 1 aromatic carbocycles. The van der Waals surface area contributed by atoms with Gasteiger partial charge in [0.15, 0.2) is 11.6 Å². The van der Waals surface area contributed by atoms with E-state index in [9.17, 15) is 4.39 Å². The average molecular weight is 344 g/mol. The summed E-state index contributed by atoms with van der Waals surface area (Å²) < 4.78 is 29.7. The van der Waals surface area contributed by atoms with Crippen molar-refractivity contribution in [1.29, 1.82) is 0 Å². The van der Waals surface area contributed by atoms with Crippen molar-refractivity contribution in [3.63, 3.8) is 0 Å². The summed E-state index contributed by atoms with van der Waals surface area (Å²) in [5.41, 5.74) is 1.13. The van der Waals surface area contributed by atoms with Crippen molar-refractivity contribution >= 4 is 0 Å². The summed E-state index contributed by atoms with van der Waals surface area (Å²) in [5, 5.41) is 7.71. The van der Waals surface area contributed by atoms with Crippen molar-refractivity contribution in [3.8, 4) is 11.5 Å². The largest absolute Gasteiger partial charge is 0.376 e. The minimum absolute atomic E-state index is 0.235. The molecule has 1 aliphatic rings. The Morgan fingerprint density at radius 2 is 1.96 bits per heavy atom. The molecule has 2 aromatic heterocycles. The number of hydrogen-bond acceptors (Lipinski definition) is 7. The van der Waals surface area contributed by atoms with Gasteiger partial charge in [0, 0.05) is 24.7 Å². The monoisotopic (exact) mass is 344 g/mol. The van der Waals surface area contributed by atoms with Crippen LogP contribution < -0.4 is 0 Å². The van der Waals surface area contributed by atoms with Crippen LogP contribution in [0.25, 0.3) is 11.5 Å². The lowest BCUT2D eigenvalue weighted by atomic mass is 10.1. The molecule has 1 aliphatic carbocycles. The number of hydrogen-bond donors (Lipinski definition) is 0. The number of ether oxygens (including phenoxy) is 1. The first kappa shape index (κ1) is 15.9. The summed E-state index contributed by atoms with van der Waals surface area (Å²) in [6, 6.07) is 4.67. The molecule has 0 aliphatic heterocycles. The Morgan fingerprint density at radius 3 is 2.72 bits per heavy atom. The van der Waals surface area contributed by atoms with E-state index in [0.717, 1.165) is 0 Å². The van der Waals surface area contributed by atoms with Crippen LogP contribution in [0.1, 0.15) is 35.9 Å². The van der Waals surface area contributed by atoms with Gasteiger partial charge in [-0.2, -0.15) is 9.97 Å². The topological polar surface area (TPSA) is 87.1 Å². The Hall–Kier alpha value is -2.61. The van der Waals surface area contributed by atoms with E-state index < -0.39 is 0 Å². The van der Waals surface area contributed by atoms with Gasteiger partial charge in [0.25, 0.3) is 5.89 Å². The van der Waals surface area contributed by atoms with E-state index in [1.54, 1.807) is 19.1 Å². The highest BCUT2D eigenvalue weighted by Crippen LogP contribution is 2.29. The quantitative estimate of drug-likeness (QED) is 0.651. The first-order valence-corrected chi connectivity index (χ1v) is 8.15. The van der Waals surface area contributed by atoms with Crippen molar-refractivity contribution in [1.82, 2.24) is 20.3 Å². The van der Waals surface area contributed by atoms with Crippen LogP contribution in [0, 0.1) is 18.7 Å². The summed E-state index contributed by atoms with van der Waals surface area (Å²) in [7, 11) is 0. The zero-order valence-corrected chi connectivity index (χ0v) is 13.7. The summed E-state index contributed by atoms with van der Waals surface area (Å²) in [6.07, 6.45) is 2.71. The highest BCUT2D eigenvalue weighted by atomic mass is 19.1. The van der Waals surface area contributed by atoms with Crippen molar-refractivity contribution in [2.45, 2.75) is 32.8 Å². The lowest BCUT2D eigenvalue weighted by molar-refractivity contribution is 0.109. The molecule has 2 heterocycles. The molecular weight excluding hydrogens is 327 g/mol. The molecule has 8 heteroatoms. The fourth-order valence-corrected chi connectivity index (χ4v) is 2.44. The van der Waals surface area contributed by atoms with Gasteiger partial charge >= 0.3 is 0 Å². The van der Waals surface area contributed by atoms with Crippen LogP contribution in [-0.2, 0) is 17.8 Å². The number of aryl methyl sites for hydroxylation is 1. The highest BCUT2D eigenvalue weighted by Gasteiger charge is 2.21. The first-order chi connectivity index (χ1) is 12.2. The fraction of sp³-hybridized carbons (Fsp3) is 0.412. The molecule has 0 bridgehead atoms. The van der Waals surface area contributed by atoms with Crippen LogP contribution in [0.2, 0.25) is 0 Å². The molecule has 0 saturated heterocycles. The van der Waals surface area contributed by atoms with Crippen molar-refractivity contribution in [3.05, 3.63) is 47.1 Å². The molecule has 0 unspecified atom stereocenters. The molecule has 0 amide bonds. The van der Waals surface area contributed by atoms with E-state index in [2.05, 4.69) is 20.3 Å². The van der Waals surface area contributed by atoms with Crippen LogP contribution >= 0.6 is 0 Å². The third-order valence-electron chi connectivity index (χ3n) is 3.95. The van der Waals surface area contributed by atoms with E-state index in [1.165, 1.54) is 18.9 Å². The van der Waals surface area contributed by atoms with E-state index in [-0.39, 0.29) is 12.4 Å². The predicted molar refractivity (Wildman–Crippen MR) is 83.9 cm³/mol. The molecule has 0 spiro atoms. The normalized spacial score (nSPS) is 14.2. The van der Waals surface area contributed by atoms with Crippen LogP contribution in [0.5, 0.6) is 0 Å². The van der Waals surface area contributed by atoms with Gasteiger partial charge in [-0.1, -0.05) is 10.3 Å². The molecule has 0 radical (unpaired) electrons. The Bertz CT molecular complexity index is 872. The minimum atomic E-state index is -0.304. The average Bonchev–Trinajstić information content (AvgIpc) is 3.15. The van der Waals surface area contributed by atoms with E-state index in [4.69, 9.17) is 13.8 Å². The number of aromatic nitrogens is 4. The molecule has 7 nitrogen and oxygen atoms in total. The van der Waals surface area contributed by atoms with Crippen LogP contribution in [0.4, 0.5) is 4.39 Å². The minimum Gasteiger partial charge on any atom is -0.376 e. The number of nitrogens with zero attached hydrogens (tertiary/aromatic N) is 4. The van der Waals surface area contributed by atoms with Gasteiger partial charge < -0.3 is 13.8 Å². The molecule has 0 N–H and O–H groups in total. The number of halogens is 1.